The molecule has 0 radical (unpaired) electrons. The van der Waals surface area contributed by atoms with E-state index >= 15 is 0 Å². The maximum Gasteiger partial charge on any atom is 0.0971 e. The van der Waals surface area contributed by atoms with E-state index in [-0.39, 0.29) is 0 Å². The molecule has 0 fully saturated rings. The third kappa shape index (κ3) is 3.14. The fourth-order valence-electron chi connectivity index (χ4n) is 1.75. The number of hydrogen-bond acceptors (Lipinski definition) is 3. The van der Waals surface area contributed by atoms with Crippen LogP contribution in [0, 0.1) is 6.92 Å². The number of nitrogens with zero attached hydrogens (tertiary/aromatic N) is 1. The minimum atomic E-state index is 0.416. The van der Waals surface area contributed by atoms with Crippen molar-refractivity contribution in [1.29, 1.82) is 0 Å². The van der Waals surface area contributed by atoms with Crippen LogP contribution in [0.25, 0.3) is 0 Å². The Morgan fingerprint density at radius 3 is 2.94 bits per heavy atom. The lowest BCUT2D eigenvalue weighted by Gasteiger charge is -2.02. The summed E-state index contributed by atoms with van der Waals surface area (Å²) in [6.07, 6.45) is 2.89. The van der Waals surface area contributed by atoms with E-state index in [0.717, 1.165) is 6.42 Å². The summed E-state index contributed by atoms with van der Waals surface area (Å²) in [5, 5.41) is 1.17. The van der Waals surface area contributed by atoms with Gasteiger partial charge in [-0.25, -0.2) is 4.98 Å². The monoisotopic (exact) mass is 246 g/mol. The summed E-state index contributed by atoms with van der Waals surface area (Å²) in [5.74, 6) is 0.416. The van der Waals surface area contributed by atoms with Crippen molar-refractivity contribution in [2.24, 2.45) is 5.73 Å². The number of benzene rings is 1. The first-order valence-corrected chi connectivity index (χ1v) is 6.71. The molecular weight excluding hydrogens is 228 g/mol. The molecule has 0 saturated heterocycles. The first kappa shape index (κ1) is 12.3. The first-order chi connectivity index (χ1) is 8.19. The highest BCUT2D eigenvalue weighted by atomic mass is 32.1. The Morgan fingerprint density at radius 1 is 1.41 bits per heavy atom. The number of nitrogens with two attached hydrogens (primary N) is 1. The van der Waals surface area contributed by atoms with Crippen LogP contribution in [-0.4, -0.2) is 11.5 Å². The second-order valence-electron chi connectivity index (χ2n) is 4.46. The van der Waals surface area contributed by atoms with E-state index in [1.54, 1.807) is 11.3 Å². The van der Waals surface area contributed by atoms with Crippen LogP contribution in [0.15, 0.2) is 30.5 Å². The average molecular weight is 246 g/mol. The summed E-state index contributed by atoms with van der Waals surface area (Å²) in [5.41, 5.74) is 8.29. The minimum Gasteiger partial charge on any atom is -0.330 e. The molecule has 1 aromatic heterocycles. The van der Waals surface area contributed by atoms with Crippen molar-refractivity contribution in [3.63, 3.8) is 0 Å². The van der Waals surface area contributed by atoms with Gasteiger partial charge in [-0.05, 0) is 19.0 Å². The molecule has 0 amide bonds. The standard InChI is InChI=1S/C14H18N2S/c1-10-4-3-5-12(6-10)7-14-16-9-13(17-14)11(2)8-15/h3-6,9,11H,7-8,15H2,1-2H3. The highest BCUT2D eigenvalue weighted by Gasteiger charge is 2.08. The lowest BCUT2D eigenvalue weighted by atomic mass is 10.1. The molecule has 1 aromatic carbocycles. The summed E-state index contributed by atoms with van der Waals surface area (Å²) in [4.78, 5) is 5.76. The summed E-state index contributed by atoms with van der Waals surface area (Å²) in [6.45, 7) is 4.95. The second-order valence-corrected chi connectivity index (χ2v) is 5.61. The summed E-state index contributed by atoms with van der Waals surface area (Å²) < 4.78 is 0. The third-order valence-corrected chi connectivity index (χ3v) is 4.08. The first-order valence-electron chi connectivity index (χ1n) is 5.89. The molecule has 2 nitrogen and oxygen atoms in total. The molecule has 1 atom stereocenters. The molecule has 0 spiro atoms. The number of hydrogen-bond donors (Lipinski definition) is 1. The van der Waals surface area contributed by atoms with Gasteiger partial charge in [0.1, 0.15) is 0 Å². The van der Waals surface area contributed by atoms with E-state index in [2.05, 4.69) is 43.1 Å². The predicted octanol–water partition coefficient (Wildman–Crippen LogP) is 3.10. The van der Waals surface area contributed by atoms with Crippen LogP contribution in [0.5, 0.6) is 0 Å². The van der Waals surface area contributed by atoms with Gasteiger partial charge in [0, 0.05) is 23.4 Å². The van der Waals surface area contributed by atoms with Crippen LogP contribution < -0.4 is 5.73 Å². The van der Waals surface area contributed by atoms with E-state index in [9.17, 15) is 0 Å². The zero-order valence-corrected chi connectivity index (χ0v) is 11.1. The van der Waals surface area contributed by atoms with Gasteiger partial charge in [0.2, 0.25) is 0 Å². The second kappa shape index (κ2) is 5.43. The molecule has 17 heavy (non-hydrogen) atoms. The van der Waals surface area contributed by atoms with Gasteiger partial charge in [-0.1, -0.05) is 36.8 Å². The number of thiazole rings is 1. The molecule has 2 aromatic rings. The van der Waals surface area contributed by atoms with Crippen molar-refractivity contribution in [2.75, 3.05) is 6.54 Å². The van der Waals surface area contributed by atoms with E-state index < -0.39 is 0 Å². The van der Waals surface area contributed by atoms with E-state index in [4.69, 9.17) is 5.73 Å². The maximum absolute atomic E-state index is 5.66. The Labute approximate surface area is 107 Å². The highest BCUT2D eigenvalue weighted by molar-refractivity contribution is 7.11. The van der Waals surface area contributed by atoms with Crippen molar-refractivity contribution in [1.82, 2.24) is 4.98 Å². The van der Waals surface area contributed by atoms with E-state index in [1.807, 2.05) is 6.20 Å². The number of aromatic nitrogens is 1. The van der Waals surface area contributed by atoms with Crippen LogP contribution >= 0.6 is 11.3 Å². The molecule has 0 aliphatic heterocycles. The van der Waals surface area contributed by atoms with Crippen molar-refractivity contribution in [2.45, 2.75) is 26.2 Å². The van der Waals surface area contributed by atoms with E-state index in [1.165, 1.54) is 21.0 Å². The Kier molecular flexibility index (Phi) is 3.92. The average Bonchev–Trinajstić information content (AvgIpc) is 2.76. The lowest BCUT2D eigenvalue weighted by molar-refractivity contribution is 0.787. The van der Waals surface area contributed by atoms with Gasteiger partial charge >= 0.3 is 0 Å². The van der Waals surface area contributed by atoms with Crippen LogP contribution in [0.4, 0.5) is 0 Å². The van der Waals surface area contributed by atoms with Crippen molar-refractivity contribution < 1.29 is 0 Å². The number of rotatable bonds is 4. The number of aryl methyl sites for hydroxylation is 1. The smallest absolute Gasteiger partial charge is 0.0971 e. The van der Waals surface area contributed by atoms with Crippen LogP contribution in [0.3, 0.4) is 0 Å². The molecule has 90 valence electrons. The molecular formula is C14H18N2S. The molecule has 0 bridgehead atoms. The van der Waals surface area contributed by atoms with E-state index in [0.29, 0.717) is 12.5 Å². The van der Waals surface area contributed by atoms with Crippen molar-refractivity contribution in [3.05, 3.63) is 51.5 Å². The minimum absolute atomic E-state index is 0.416. The molecule has 2 N–H and O–H groups in total. The Hall–Kier alpha value is -1.19. The maximum atomic E-state index is 5.66. The van der Waals surface area contributed by atoms with Gasteiger partial charge in [-0.2, -0.15) is 0 Å². The molecule has 1 heterocycles. The molecule has 0 saturated carbocycles. The molecule has 2 rings (SSSR count). The molecule has 1 unspecified atom stereocenters. The Balaban J connectivity index is 2.11. The van der Waals surface area contributed by atoms with Gasteiger partial charge in [0.15, 0.2) is 0 Å². The molecule has 0 aliphatic carbocycles. The van der Waals surface area contributed by atoms with Crippen molar-refractivity contribution >= 4 is 11.3 Å². The fraction of sp³-hybridized carbons (Fsp3) is 0.357. The zero-order valence-electron chi connectivity index (χ0n) is 10.3. The predicted molar refractivity (Wildman–Crippen MR) is 73.6 cm³/mol. The SMILES string of the molecule is Cc1cccc(Cc2ncc(C(C)CN)s2)c1. The van der Waals surface area contributed by atoms with Crippen LogP contribution in [0.2, 0.25) is 0 Å². The van der Waals surface area contributed by atoms with Gasteiger partial charge in [-0.3, -0.25) is 0 Å². The van der Waals surface area contributed by atoms with Gasteiger partial charge in [0.25, 0.3) is 0 Å². The van der Waals surface area contributed by atoms with Crippen molar-refractivity contribution in [3.8, 4) is 0 Å². The Morgan fingerprint density at radius 2 is 2.24 bits per heavy atom. The highest BCUT2D eigenvalue weighted by Crippen LogP contribution is 2.23. The Bertz CT molecular complexity index is 490. The normalized spacial score (nSPS) is 12.6. The third-order valence-electron chi connectivity index (χ3n) is 2.85. The largest absolute Gasteiger partial charge is 0.330 e. The topological polar surface area (TPSA) is 38.9 Å². The summed E-state index contributed by atoms with van der Waals surface area (Å²) in [6, 6.07) is 8.59. The van der Waals surface area contributed by atoms with Gasteiger partial charge < -0.3 is 5.73 Å². The zero-order chi connectivity index (χ0) is 12.3. The summed E-state index contributed by atoms with van der Waals surface area (Å²) >= 11 is 1.78. The summed E-state index contributed by atoms with van der Waals surface area (Å²) in [7, 11) is 0. The van der Waals surface area contributed by atoms with Gasteiger partial charge in [-0.15, -0.1) is 11.3 Å². The fourth-order valence-corrected chi connectivity index (χ4v) is 2.77. The van der Waals surface area contributed by atoms with Gasteiger partial charge in [0.05, 0.1) is 5.01 Å². The molecule has 0 aliphatic rings. The molecule has 3 heteroatoms. The van der Waals surface area contributed by atoms with Crippen LogP contribution in [-0.2, 0) is 6.42 Å². The van der Waals surface area contributed by atoms with Crippen LogP contribution in [0.1, 0.15) is 33.9 Å². The quantitative estimate of drug-likeness (QED) is 0.900. The lowest BCUT2D eigenvalue weighted by Crippen LogP contribution is -2.07.